The summed E-state index contributed by atoms with van der Waals surface area (Å²) >= 11 is 10.9. The van der Waals surface area contributed by atoms with Gasteiger partial charge < -0.3 is 0 Å². The zero-order valence-electron chi connectivity index (χ0n) is 5.73. The van der Waals surface area contributed by atoms with Crippen molar-refractivity contribution >= 4 is 23.2 Å². The maximum absolute atomic E-state index is 8.38. The molecular weight excluding hydrogens is 175 g/mol. The maximum atomic E-state index is 8.38. The molecule has 0 aromatic heterocycles. The summed E-state index contributed by atoms with van der Waals surface area (Å²) in [6.07, 6.45) is 0. The van der Waals surface area contributed by atoms with Gasteiger partial charge >= 0.3 is 0 Å². The SMILES string of the molecule is C=C(CCl)C(C)(CCl)OO. The smallest absolute Gasteiger partial charge is 0.136 e. The molecule has 0 fully saturated rings. The van der Waals surface area contributed by atoms with E-state index in [1.165, 1.54) is 0 Å². The van der Waals surface area contributed by atoms with Gasteiger partial charge in [0, 0.05) is 5.88 Å². The minimum absolute atomic E-state index is 0.134. The minimum atomic E-state index is -0.913. The highest BCUT2D eigenvalue weighted by Gasteiger charge is 2.27. The first-order chi connectivity index (χ1) is 4.60. The molecule has 10 heavy (non-hydrogen) atoms. The van der Waals surface area contributed by atoms with Gasteiger partial charge in [0.1, 0.15) is 5.60 Å². The second-order valence-corrected chi connectivity index (χ2v) is 2.73. The fourth-order valence-electron chi connectivity index (χ4n) is 0.325. The number of hydrogen-bond acceptors (Lipinski definition) is 2. The Hall–Kier alpha value is 0.240. The summed E-state index contributed by atoms with van der Waals surface area (Å²) in [5, 5.41) is 8.38. The van der Waals surface area contributed by atoms with Crippen LogP contribution >= 0.6 is 23.2 Å². The molecule has 4 heteroatoms. The molecule has 0 saturated heterocycles. The van der Waals surface area contributed by atoms with E-state index < -0.39 is 5.60 Å². The standard InChI is InChI=1S/C6H10Cl2O2/c1-5(3-7)6(2,4-8)10-9/h9H,1,3-4H2,2H3. The lowest BCUT2D eigenvalue weighted by Crippen LogP contribution is -2.32. The highest BCUT2D eigenvalue weighted by molar-refractivity contribution is 6.20. The molecular formula is C6H10Cl2O2. The molecule has 0 saturated carbocycles. The molecule has 0 aromatic carbocycles. The third-order valence-electron chi connectivity index (χ3n) is 1.37. The minimum Gasteiger partial charge on any atom is -0.251 e. The quantitative estimate of drug-likeness (QED) is 0.315. The van der Waals surface area contributed by atoms with Crippen molar-refractivity contribution in [2.75, 3.05) is 11.8 Å². The van der Waals surface area contributed by atoms with Crippen LogP contribution in [0.2, 0.25) is 0 Å². The predicted molar refractivity (Wildman–Crippen MR) is 42.7 cm³/mol. The lowest BCUT2D eigenvalue weighted by atomic mass is 10.0. The van der Waals surface area contributed by atoms with Crippen molar-refractivity contribution in [1.82, 2.24) is 0 Å². The lowest BCUT2D eigenvalue weighted by Gasteiger charge is -2.23. The van der Waals surface area contributed by atoms with Crippen molar-refractivity contribution in [1.29, 1.82) is 0 Å². The average Bonchev–Trinajstić information content (AvgIpc) is 2.01. The van der Waals surface area contributed by atoms with Crippen LogP contribution in [0.3, 0.4) is 0 Å². The molecule has 1 N–H and O–H groups in total. The topological polar surface area (TPSA) is 29.5 Å². The van der Waals surface area contributed by atoms with Gasteiger partial charge in [-0.15, -0.1) is 23.2 Å². The van der Waals surface area contributed by atoms with Crippen molar-refractivity contribution in [3.8, 4) is 0 Å². The Morgan fingerprint density at radius 3 is 2.30 bits per heavy atom. The molecule has 0 amide bonds. The van der Waals surface area contributed by atoms with Crippen LogP contribution in [0.15, 0.2) is 12.2 Å². The first-order valence-corrected chi connectivity index (χ1v) is 3.80. The van der Waals surface area contributed by atoms with E-state index in [0.717, 1.165) is 0 Å². The molecule has 0 aliphatic carbocycles. The molecule has 0 heterocycles. The average molecular weight is 185 g/mol. The van der Waals surface area contributed by atoms with E-state index in [9.17, 15) is 0 Å². The molecule has 1 atom stereocenters. The van der Waals surface area contributed by atoms with Crippen LogP contribution in [0.4, 0.5) is 0 Å². The summed E-state index contributed by atoms with van der Waals surface area (Å²) in [6, 6.07) is 0. The lowest BCUT2D eigenvalue weighted by molar-refractivity contribution is -0.298. The van der Waals surface area contributed by atoms with Crippen molar-refractivity contribution in [3.63, 3.8) is 0 Å². The van der Waals surface area contributed by atoms with Gasteiger partial charge in [0.15, 0.2) is 0 Å². The fraction of sp³-hybridized carbons (Fsp3) is 0.667. The molecule has 0 spiro atoms. The van der Waals surface area contributed by atoms with Crippen LogP contribution in [0.25, 0.3) is 0 Å². The number of halogens is 2. The van der Waals surface area contributed by atoms with E-state index in [0.29, 0.717) is 5.57 Å². The summed E-state index contributed by atoms with van der Waals surface area (Å²) in [7, 11) is 0. The van der Waals surface area contributed by atoms with Crippen molar-refractivity contribution < 1.29 is 10.1 Å². The van der Waals surface area contributed by atoms with Crippen LogP contribution < -0.4 is 0 Å². The van der Waals surface area contributed by atoms with E-state index in [2.05, 4.69) is 11.5 Å². The molecule has 0 aromatic rings. The van der Waals surface area contributed by atoms with Crippen LogP contribution in [0, 0.1) is 0 Å². The van der Waals surface area contributed by atoms with E-state index >= 15 is 0 Å². The summed E-state index contributed by atoms with van der Waals surface area (Å²) in [5.41, 5.74) is -0.352. The van der Waals surface area contributed by atoms with Crippen LogP contribution in [0.5, 0.6) is 0 Å². The van der Waals surface area contributed by atoms with Crippen LogP contribution in [0.1, 0.15) is 6.92 Å². The van der Waals surface area contributed by atoms with Crippen molar-refractivity contribution in [2.24, 2.45) is 0 Å². The zero-order chi connectivity index (χ0) is 8.20. The van der Waals surface area contributed by atoms with Gasteiger partial charge in [-0.1, -0.05) is 6.58 Å². The molecule has 0 aliphatic rings. The first-order valence-electron chi connectivity index (χ1n) is 2.73. The van der Waals surface area contributed by atoms with E-state index in [-0.39, 0.29) is 11.8 Å². The molecule has 2 nitrogen and oxygen atoms in total. The molecule has 0 radical (unpaired) electrons. The Kier molecular flexibility index (Phi) is 4.29. The summed E-state index contributed by atoms with van der Waals surface area (Å²) in [4.78, 5) is 4.12. The molecule has 1 unspecified atom stereocenters. The highest BCUT2D eigenvalue weighted by Crippen LogP contribution is 2.21. The predicted octanol–water partition coefficient (Wildman–Crippen LogP) is 2.27. The van der Waals surface area contributed by atoms with Gasteiger partial charge in [-0.05, 0) is 12.5 Å². The second kappa shape index (κ2) is 4.19. The number of rotatable bonds is 4. The fourth-order valence-corrected chi connectivity index (χ4v) is 0.845. The molecule has 0 bridgehead atoms. The Balaban J connectivity index is 4.17. The third-order valence-corrected chi connectivity index (χ3v) is 2.20. The van der Waals surface area contributed by atoms with Gasteiger partial charge in [-0.2, -0.15) is 0 Å². The van der Waals surface area contributed by atoms with Crippen LogP contribution in [-0.2, 0) is 4.89 Å². The molecule has 0 rings (SSSR count). The summed E-state index contributed by atoms with van der Waals surface area (Å²) in [6.45, 7) is 5.20. The van der Waals surface area contributed by atoms with Gasteiger partial charge in [0.25, 0.3) is 0 Å². The second-order valence-electron chi connectivity index (χ2n) is 2.19. The van der Waals surface area contributed by atoms with Crippen molar-refractivity contribution in [3.05, 3.63) is 12.2 Å². The monoisotopic (exact) mass is 184 g/mol. The molecule has 60 valence electrons. The van der Waals surface area contributed by atoms with E-state index in [1.54, 1.807) is 6.92 Å². The normalized spacial score (nSPS) is 16.4. The van der Waals surface area contributed by atoms with Crippen molar-refractivity contribution in [2.45, 2.75) is 12.5 Å². The summed E-state index contributed by atoms with van der Waals surface area (Å²) in [5.74, 6) is 0.360. The Bertz CT molecular complexity index is 121. The largest absolute Gasteiger partial charge is 0.251 e. The van der Waals surface area contributed by atoms with Gasteiger partial charge in [-0.3, -0.25) is 5.26 Å². The number of alkyl halides is 2. The van der Waals surface area contributed by atoms with E-state index in [4.69, 9.17) is 28.5 Å². The Morgan fingerprint density at radius 1 is 1.70 bits per heavy atom. The maximum Gasteiger partial charge on any atom is 0.136 e. The Labute approximate surface area is 70.3 Å². The van der Waals surface area contributed by atoms with Gasteiger partial charge in [-0.25, -0.2) is 4.89 Å². The summed E-state index contributed by atoms with van der Waals surface area (Å²) < 4.78 is 0. The third kappa shape index (κ3) is 2.13. The Morgan fingerprint density at radius 2 is 2.20 bits per heavy atom. The molecule has 0 aliphatic heterocycles. The van der Waals surface area contributed by atoms with Gasteiger partial charge in [0.2, 0.25) is 0 Å². The van der Waals surface area contributed by atoms with Gasteiger partial charge in [0.05, 0.1) is 5.88 Å². The zero-order valence-corrected chi connectivity index (χ0v) is 7.24. The number of hydrogen-bond donors (Lipinski definition) is 1. The highest BCUT2D eigenvalue weighted by atomic mass is 35.5. The van der Waals surface area contributed by atoms with Crippen LogP contribution in [-0.4, -0.2) is 22.6 Å². The first kappa shape index (κ1) is 10.2. The van der Waals surface area contributed by atoms with E-state index in [1.807, 2.05) is 0 Å².